The number of alkyl halides is 1. The van der Waals surface area contributed by atoms with E-state index in [-0.39, 0.29) is 10.9 Å². The van der Waals surface area contributed by atoms with Gasteiger partial charge in [-0.1, -0.05) is 12.1 Å². The molecular formula is C15H18ClNO2S2. The molecule has 2 rings (SSSR count). The van der Waals surface area contributed by atoms with Crippen molar-refractivity contribution >= 4 is 33.0 Å². The third-order valence-corrected chi connectivity index (χ3v) is 6.07. The van der Waals surface area contributed by atoms with E-state index in [9.17, 15) is 8.42 Å². The number of hydrogen-bond donors (Lipinski definition) is 1. The molecule has 0 bridgehead atoms. The van der Waals surface area contributed by atoms with Crippen molar-refractivity contribution in [3.63, 3.8) is 0 Å². The molecule has 1 unspecified atom stereocenters. The lowest BCUT2D eigenvalue weighted by Gasteiger charge is -2.13. The first-order valence-electron chi connectivity index (χ1n) is 6.66. The van der Waals surface area contributed by atoms with Crippen LogP contribution >= 0.6 is 22.9 Å². The molecule has 0 amide bonds. The van der Waals surface area contributed by atoms with E-state index in [1.807, 2.05) is 26.0 Å². The molecule has 114 valence electrons. The smallest absolute Gasteiger partial charge is 0.207 e. The van der Waals surface area contributed by atoms with Crippen LogP contribution in [0.15, 0.2) is 41.3 Å². The van der Waals surface area contributed by atoms with Gasteiger partial charge >= 0.3 is 0 Å². The van der Waals surface area contributed by atoms with Gasteiger partial charge in [0.05, 0.1) is 10.9 Å². The maximum absolute atomic E-state index is 12.4. The van der Waals surface area contributed by atoms with Crippen molar-refractivity contribution in [1.82, 2.24) is 4.72 Å². The molecule has 2 aromatic rings. The van der Waals surface area contributed by atoms with Gasteiger partial charge in [-0.2, -0.15) is 0 Å². The average Bonchev–Trinajstić information content (AvgIpc) is 2.86. The van der Waals surface area contributed by atoms with Crippen LogP contribution in [-0.2, 0) is 16.4 Å². The fourth-order valence-electron chi connectivity index (χ4n) is 1.99. The zero-order valence-electron chi connectivity index (χ0n) is 12.0. The Kier molecular flexibility index (Phi) is 5.43. The molecule has 1 heterocycles. The first kappa shape index (κ1) is 16.5. The van der Waals surface area contributed by atoms with Crippen molar-refractivity contribution in [1.29, 1.82) is 0 Å². The predicted octanol–water partition coefficient (Wildman–Crippen LogP) is 3.88. The third kappa shape index (κ3) is 4.30. The first-order chi connectivity index (χ1) is 9.92. The lowest BCUT2D eigenvalue weighted by atomic mass is 10.2. The van der Waals surface area contributed by atoms with Crippen LogP contribution in [-0.4, -0.2) is 14.3 Å². The Morgan fingerprint density at radius 3 is 2.38 bits per heavy atom. The maximum atomic E-state index is 12.4. The van der Waals surface area contributed by atoms with E-state index in [1.165, 1.54) is 4.88 Å². The van der Waals surface area contributed by atoms with Gasteiger partial charge in [0.1, 0.15) is 0 Å². The molecule has 1 atom stereocenters. The second-order valence-electron chi connectivity index (χ2n) is 4.87. The lowest BCUT2D eigenvalue weighted by molar-refractivity contribution is 0.568. The van der Waals surface area contributed by atoms with Gasteiger partial charge in [0.15, 0.2) is 0 Å². The number of halogens is 1. The Hall–Kier alpha value is -0.880. The Balaban J connectivity index is 2.14. The minimum atomic E-state index is -3.51. The predicted molar refractivity (Wildman–Crippen MR) is 88.7 cm³/mol. The highest BCUT2D eigenvalue weighted by Crippen LogP contribution is 2.24. The number of aryl methyl sites for hydroxylation is 2. The molecule has 0 saturated carbocycles. The lowest BCUT2D eigenvalue weighted by Crippen LogP contribution is -2.26. The van der Waals surface area contributed by atoms with Crippen molar-refractivity contribution in [3.8, 4) is 0 Å². The first-order valence-corrected chi connectivity index (χ1v) is 9.49. The Labute approximate surface area is 135 Å². The Morgan fingerprint density at radius 2 is 1.86 bits per heavy atom. The van der Waals surface area contributed by atoms with Crippen LogP contribution in [0.4, 0.5) is 0 Å². The van der Waals surface area contributed by atoms with E-state index in [2.05, 4.69) is 4.72 Å². The van der Waals surface area contributed by atoms with Gasteiger partial charge in [0.25, 0.3) is 0 Å². The second kappa shape index (κ2) is 6.92. The summed E-state index contributed by atoms with van der Waals surface area (Å²) in [6.07, 6.45) is 0.736. The highest BCUT2D eigenvalue weighted by molar-refractivity contribution is 7.89. The van der Waals surface area contributed by atoms with E-state index in [0.717, 1.165) is 16.9 Å². The van der Waals surface area contributed by atoms with Gasteiger partial charge in [-0.05, 0) is 50.1 Å². The molecule has 1 aromatic carbocycles. The average molecular weight is 344 g/mol. The van der Waals surface area contributed by atoms with Crippen LogP contribution in [0.5, 0.6) is 0 Å². The van der Waals surface area contributed by atoms with Crippen molar-refractivity contribution in [3.05, 3.63) is 51.7 Å². The van der Waals surface area contributed by atoms with Crippen molar-refractivity contribution in [2.24, 2.45) is 0 Å². The number of rotatable bonds is 6. The Bertz CT molecular complexity index is 693. The van der Waals surface area contributed by atoms with Gasteiger partial charge in [-0.25, -0.2) is 13.1 Å². The van der Waals surface area contributed by atoms with E-state index >= 15 is 0 Å². The molecule has 21 heavy (non-hydrogen) atoms. The van der Waals surface area contributed by atoms with Crippen molar-refractivity contribution in [2.75, 3.05) is 5.88 Å². The van der Waals surface area contributed by atoms with Crippen LogP contribution in [0.2, 0.25) is 0 Å². The van der Waals surface area contributed by atoms with E-state index in [0.29, 0.717) is 5.88 Å². The van der Waals surface area contributed by atoms with Crippen molar-refractivity contribution in [2.45, 2.75) is 31.2 Å². The van der Waals surface area contributed by atoms with Crippen molar-refractivity contribution < 1.29 is 8.42 Å². The summed E-state index contributed by atoms with van der Waals surface area (Å²) >= 11 is 7.27. The summed E-state index contributed by atoms with van der Waals surface area (Å²) in [4.78, 5) is 2.46. The minimum Gasteiger partial charge on any atom is -0.207 e. The molecule has 0 aliphatic rings. The number of sulfonamides is 1. The molecule has 0 radical (unpaired) electrons. The third-order valence-electron chi connectivity index (χ3n) is 3.14. The van der Waals surface area contributed by atoms with Crippen LogP contribution in [0.25, 0.3) is 0 Å². The fourth-order valence-corrected chi connectivity index (χ4v) is 4.38. The SMILES string of the molecule is Cc1ccc(C(C)NS(=O)(=O)c2ccc(CCCl)cc2)s1. The molecule has 0 fully saturated rings. The largest absolute Gasteiger partial charge is 0.241 e. The summed E-state index contributed by atoms with van der Waals surface area (Å²) in [7, 11) is -3.51. The zero-order chi connectivity index (χ0) is 15.5. The summed E-state index contributed by atoms with van der Waals surface area (Å²) in [6, 6.07) is 10.6. The standard InChI is InChI=1S/C15H18ClNO2S2/c1-11-3-8-15(20-11)12(2)17-21(18,19)14-6-4-13(5-7-14)9-10-16/h3-8,12,17H,9-10H2,1-2H3. The van der Waals surface area contributed by atoms with Crippen LogP contribution in [0, 0.1) is 6.92 Å². The molecule has 0 saturated heterocycles. The number of thiophene rings is 1. The molecule has 0 aliphatic heterocycles. The van der Waals surface area contributed by atoms with Gasteiger partial charge in [-0.15, -0.1) is 22.9 Å². The molecule has 1 N–H and O–H groups in total. The highest BCUT2D eigenvalue weighted by atomic mass is 35.5. The van der Waals surface area contributed by atoms with Crippen LogP contribution < -0.4 is 4.72 Å². The molecular weight excluding hydrogens is 326 g/mol. The fraction of sp³-hybridized carbons (Fsp3) is 0.333. The monoisotopic (exact) mass is 343 g/mol. The minimum absolute atomic E-state index is 0.240. The van der Waals surface area contributed by atoms with Crippen LogP contribution in [0.3, 0.4) is 0 Å². The summed E-state index contributed by atoms with van der Waals surface area (Å²) in [6.45, 7) is 3.86. The zero-order valence-corrected chi connectivity index (χ0v) is 14.4. The van der Waals surface area contributed by atoms with Gasteiger partial charge in [0.2, 0.25) is 10.0 Å². The maximum Gasteiger partial charge on any atom is 0.241 e. The number of benzene rings is 1. The second-order valence-corrected chi connectivity index (χ2v) is 8.29. The normalized spacial score (nSPS) is 13.3. The molecule has 0 aliphatic carbocycles. The highest BCUT2D eigenvalue weighted by Gasteiger charge is 2.19. The molecule has 0 spiro atoms. The topological polar surface area (TPSA) is 46.2 Å². The summed E-state index contributed by atoms with van der Waals surface area (Å²) in [5.74, 6) is 0.527. The van der Waals surface area contributed by atoms with Gasteiger partial charge in [-0.3, -0.25) is 0 Å². The summed E-state index contributed by atoms with van der Waals surface area (Å²) in [5, 5.41) is 0. The number of nitrogens with one attached hydrogen (secondary N) is 1. The van der Waals surface area contributed by atoms with E-state index in [1.54, 1.807) is 35.6 Å². The van der Waals surface area contributed by atoms with E-state index < -0.39 is 10.0 Å². The van der Waals surface area contributed by atoms with Crippen LogP contribution in [0.1, 0.15) is 28.3 Å². The summed E-state index contributed by atoms with van der Waals surface area (Å²) in [5.41, 5.74) is 1.03. The van der Waals surface area contributed by atoms with Gasteiger partial charge < -0.3 is 0 Å². The molecule has 1 aromatic heterocycles. The summed E-state index contributed by atoms with van der Waals surface area (Å²) < 4.78 is 27.4. The molecule has 6 heteroatoms. The molecule has 3 nitrogen and oxygen atoms in total. The Morgan fingerprint density at radius 1 is 1.19 bits per heavy atom. The quantitative estimate of drug-likeness (QED) is 0.809. The van der Waals surface area contributed by atoms with Gasteiger partial charge in [0, 0.05) is 15.6 Å². The van der Waals surface area contributed by atoms with E-state index in [4.69, 9.17) is 11.6 Å². The number of hydrogen-bond acceptors (Lipinski definition) is 3.